The molecule has 0 aromatic rings. The van der Waals surface area contributed by atoms with Crippen molar-refractivity contribution in [3.63, 3.8) is 0 Å². The summed E-state index contributed by atoms with van der Waals surface area (Å²) in [6, 6.07) is 2.26. The SMILES string of the molecule is C=C/C=C\C(=C)CN1CCC(CC#N)CC1. The lowest BCUT2D eigenvalue weighted by Gasteiger charge is -2.30. The molecule has 1 aliphatic rings. The van der Waals surface area contributed by atoms with Crippen LogP contribution in [0.15, 0.2) is 37.0 Å². The van der Waals surface area contributed by atoms with Gasteiger partial charge in [-0.05, 0) is 37.4 Å². The molecule has 0 aromatic heterocycles. The van der Waals surface area contributed by atoms with Crippen molar-refractivity contribution in [1.82, 2.24) is 4.90 Å². The van der Waals surface area contributed by atoms with Crippen molar-refractivity contribution in [2.75, 3.05) is 19.6 Å². The summed E-state index contributed by atoms with van der Waals surface area (Å²) in [6.07, 6.45) is 8.70. The molecule has 1 saturated heterocycles. The van der Waals surface area contributed by atoms with Gasteiger partial charge in [0.25, 0.3) is 0 Å². The molecule has 2 nitrogen and oxygen atoms in total. The molecule has 0 amide bonds. The Labute approximate surface area is 98.6 Å². The standard InChI is InChI=1S/C14H20N2/c1-3-4-5-13(2)12-16-10-7-14(6-9-15)8-11-16/h3-5,14H,1-2,6-8,10-12H2/b5-4-. The Morgan fingerprint density at radius 3 is 2.69 bits per heavy atom. The van der Waals surface area contributed by atoms with E-state index in [9.17, 15) is 0 Å². The molecule has 0 unspecified atom stereocenters. The first-order chi connectivity index (χ1) is 7.76. The van der Waals surface area contributed by atoms with Crippen LogP contribution in [0.2, 0.25) is 0 Å². The zero-order valence-corrected chi connectivity index (χ0v) is 9.86. The van der Waals surface area contributed by atoms with Crippen LogP contribution in [-0.2, 0) is 0 Å². The fraction of sp³-hybridized carbons (Fsp3) is 0.500. The highest BCUT2D eigenvalue weighted by Gasteiger charge is 2.18. The van der Waals surface area contributed by atoms with E-state index >= 15 is 0 Å². The molecule has 0 aromatic carbocycles. The highest BCUT2D eigenvalue weighted by molar-refractivity contribution is 5.19. The number of likely N-dealkylation sites (tertiary alicyclic amines) is 1. The predicted octanol–water partition coefficient (Wildman–Crippen LogP) is 2.91. The third kappa shape index (κ3) is 4.46. The van der Waals surface area contributed by atoms with Gasteiger partial charge in [-0.1, -0.05) is 31.4 Å². The summed E-state index contributed by atoms with van der Waals surface area (Å²) in [5.41, 5.74) is 1.12. The largest absolute Gasteiger partial charge is 0.299 e. The highest BCUT2D eigenvalue weighted by atomic mass is 15.1. The molecule has 0 radical (unpaired) electrons. The maximum atomic E-state index is 8.63. The molecule has 0 aliphatic carbocycles. The van der Waals surface area contributed by atoms with Crippen molar-refractivity contribution < 1.29 is 0 Å². The summed E-state index contributed by atoms with van der Waals surface area (Å²) in [6.45, 7) is 10.8. The van der Waals surface area contributed by atoms with Crippen LogP contribution in [0.25, 0.3) is 0 Å². The molecule has 0 saturated carbocycles. The van der Waals surface area contributed by atoms with Gasteiger partial charge >= 0.3 is 0 Å². The van der Waals surface area contributed by atoms with Crippen molar-refractivity contribution in [2.45, 2.75) is 19.3 Å². The van der Waals surface area contributed by atoms with Crippen molar-refractivity contribution in [2.24, 2.45) is 5.92 Å². The average molecular weight is 216 g/mol. The molecule has 0 atom stereocenters. The van der Waals surface area contributed by atoms with Crippen molar-refractivity contribution in [3.05, 3.63) is 37.0 Å². The Morgan fingerprint density at radius 1 is 1.44 bits per heavy atom. The first-order valence-corrected chi connectivity index (χ1v) is 5.82. The summed E-state index contributed by atoms with van der Waals surface area (Å²) >= 11 is 0. The lowest BCUT2D eigenvalue weighted by atomic mass is 9.94. The van der Waals surface area contributed by atoms with E-state index in [1.54, 1.807) is 6.08 Å². The summed E-state index contributed by atoms with van der Waals surface area (Å²) in [5.74, 6) is 0.609. The third-order valence-corrected chi connectivity index (χ3v) is 2.98. The topological polar surface area (TPSA) is 27.0 Å². The van der Waals surface area contributed by atoms with Crippen LogP contribution in [0.3, 0.4) is 0 Å². The van der Waals surface area contributed by atoms with Crippen LogP contribution >= 0.6 is 0 Å². The van der Waals surface area contributed by atoms with E-state index in [4.69, 9.17) is 5.26 Å². The normalized spacial score (nSPS) is 18.4. The Bertz CT molecular complexity index is 301. The minimum Gasteiger partial charge on any atom is -0.299 e. The Kier molecular flexibility index (Phi) is 5.60. The molecule has 1 fully saturated rings. The second-order valence-corrected chi connectivity index (χ2v) is 4.33. The summed E-state index contributed by atoms with van der Waals surface area (Å²) < 4.78 is 0. The lowest BCUT2D eigenvalue weighted by Crippen LogP contribution is -2.34. The van der Waals surface area contributed by atoms with Crippen LogP contribution in [-0.4, -0.2) is 24.5 Å². The van der Waals surface area contributed by atoms with Gasteiger partial charge in [-0.3, -0.25) is 4.90 Å². The molecule has 1 aliphatic heterocycles. The van der Waals surface area contributed by atoms with Crippen molar-refractivity contribution in [3.8, 4) is 6.07 Å². The summed E-state index contributed by atoms with van der Waals surface area (Å²) in [4.78, 5) is 2.41. The molecule has 1 heterocycles. The maximum absolute atomic E-state index is 8.63. The molecular weight excluding hydrogens is 196 g/mol. The van der Waals surface area contributed by atoms with Crippen LogP contribution in [0.5, 0.6) is 0 Å². The first kappa shape index (κ1) is 12.7. The van der Waals surface area contributed by atoms with Crippen LogP contribution < -0.4 is 0 Å². The zero-order valence-electron chi connectivity index (χ0n) is 9.86. The lowest BCUT2D eigenvalue weighted by molar-refractivity contribution is 0.200. The smallest absolute Gasteiger partial charge is 0.0624 e. The number of nitrogens with zero attached hydrogens (tertiary/aromatic N) is 2. The quantitative estimate of drug-likeness (QED) is 0.661. The van der Waals surface area contributed by atoms with Gasteiger partial charge in [-0.25, -0.2) is 0 Å². The van der Waals surface area contributed by atoms with E-state index < -0.39 is 0 Å². The van der Waals surface area contributed by atoms with Gasteiger partial charge in [0.15, 0.2) is 0 Å². The van der Waals surface area contributed by atoms with Crippen LogP contribution in [0, 0.1) is 17.2 Å². The number of piperidine rings is 1. The van der Waals surface area contributed by atoms with Gasteiger partial charge in [-0.15, -0.1) is 0 Å². The minimum atomic E-state index is 0.609. The van der Waals surface area contributed by atoms with Crippen LogP contribution in [0.1, 0.15) is 19.3 Å². The maximum Gasteiger partial charge on any atom is 0.0624 e. The number of rotatable bonds is 5. The van der Waals surface area contributed by atoms with Crippen LogP contribution in [0.4, 0.5) is 0 Å². The molecule has 1 rings (SSSR count). The summed E-state index contributed by atoms with van der Waals surface area (Å²) in [7, 11) is 0. The number of hydrogen-bond acceptors (Lipinski definition) is 2. The van der Waals surface area contributed by atoms with E-state index in [0.717, 1.165) is 38.0 Å². The van der Waals surface area contributed by atoms with E-state index in [-0.39, 0.29) is 0 Å². The highest BCUT2D eigenvalue weighted by Crippen LogP contribution is 2.20. The van der Waals surface area contributed by atoms with Crippen molar-refractivity contribution >= 4 is 0 Å². The third-order valence-electron chi connectivity index (χ3n) is 2.98. The molecule has 0 spiro atoms. The van der Waals surface area contributed by atoms with Gasteiger partial charge < -0.3 is 0 Å². The van der Waals surface area contributed by atoms with Gasteiger partial charge in [-0.2, -0.15) is 5.26 Å². The van der Waals surface area contributed by atoms with Gasteiger partial charge in [0.1, 0.15) is 0 Å². The average Bonchev–Trinajstić information content (AvgIpc) is 2.29. The predicted molar refractivity (Wildman–Crippen MR) is 67.9 cm³/mol. The van der Waals surface area contributed by atoms with Crippen molar-refractivity contribution in [1.29, 1.82) is 5.26 Å². The second-order valence-electron chi connectivity index (χ2n) is 4.33. The first-order valence-electron chi connectivity index (χ1n) is 5.82. The van der Waals surface area contributed by atoms with E-state index in [0.29, 0.717) is 12.3 Å². The van der Waals surface area contributed by atoms with E-state index in [1.807, 2.05) is 12.2 Å². The fourth-order valence-electron chi connectivity index (χ4n) is 2.02. The number of nitriles is 1. The minimum absolute atomic E-state index is 0.609. The monoisotopic (exact) mass is 216 g/mol. The molecule has 86 valence electrons. The molecule has 0 N–H and O–H groups in total. The van der Waals surface area contributed by atoms with E-state index in [1.165, 1.54) is 0 Å². The Morgan fingerprint density at radius 2 is 2.12 bits per heavy atom. The molecular formula is C14H20N2. The summed E-state index contributed by atoms with van der Waals surface area (Å²) in [5, 5.41) is 8.63. The Hall–Kier alpha value is -1.33. The molecule has 2 heteroatoms. The Balaban J connectivity index is 2.27. The molecule has 16 heavy (non-hydrogen) atoms. The molecule has 0 bridgehead atoms. The zero-order chi connectivity index (χ0) is 11.8. The van der Waals surface area contributed by atoms with Gasteiger partial charge in [0.05, 0.1) is 6.07 Å². The second kappa shape index (κ2) is 7.03. The fourth-order valence-corrected chi connectivity index (χ4v) is 2.02. The number of allylic oxidation sites excluding steroid dienone is 2. The van der Waals surface area contributed by atoms with Gasteiger partial charge in [0, 0.05) is 13.0 Å². The number of hydrogen-bond donors (Lipinski definition) is 0. The van der Waals surface area contributed by atoms with E-state index in [2.05, 4.69) is 24.1 Å². The van der Waals surface area contributed by atoms with Gasteiger partial charge in [0.2, 0.25) is 0 Å².